The average Bonchev–Trinajstić information content (AvgIpc) is 3.14. The van der Waals surface area contributed by atoms with Crippen molar-refractivity contribution in [3.63, 3.8) is 0 Å². The van der Waals surface area contributed by atoms with Crippen LogP contribution in [0.2, 0.25) is 0 Å². The van der Waals surface area contributed by atoms with Crippen LogP contribution in [0, 0.1) is 0 Å². The SMILES string of the molecule is CC(=O)N1CCN(CCCCOCc2ccn(C3CCCCC3)n2)CC1. The van der Waals surface area contributed by atoms with Crippen LogP contribution >= 0.6 is 0 Å². The Labute approximate surface area is 157 Å². The summed E-state index contributed by atoms with van der Waals surface area (Å²) >= 11 is 0. The molecule has 6 nitrogen and oxygen atoms in total. The molecule has 0 N–H and O–H groups in total. The van der Waals surface area contributed by atoms with Gasteiger partial charge in [-0.1, -0.05) is 19.3 Å². The molecule has 2 heterocycles. The molecule has 3 rings (SSSR count). The Morgan fingerprint density at radius 3 is 2.65 bits per heavy atom. The molecule has 1 saturated carbocycles. The molecule has 1 aromatic heterocycles. The van der Waals surface area contributed by atoms with Gasteiger partial charge < -0.3 is 9.64 Å². The highest BCUT2D eigenvalue weighted by Crippen LogP contribution is 2.27. The van der Waals surface area contributed by atoms with E-state index in [-0.39, 0.29) is 5.91 Å². The van der Waals surface area contributed by atoms with Crippen molar-refractivity contribution in [1.29, 1.82) is 0 Å². The third-order valence-corrected chi connectivity index (χ3v) is 5.69. The number of hydrogen-bond acceptors (Lipinski definition) is 4. The minimum absolute atomic E-state index is 0.198. The maximum absolute atomic E-state index is 11.3. The van der Waals surface area contributed by atoms with Gasteiger partial charge in [-0.15, -0.1) is 0 Å². The van der Waals surface area contributed by atoms with Crippen LogP contribution in [0.4, 0.5) is 0 Å². The molecule has 0 atom stereocenters. The van der Waals surface area contributed by atoms with Gasteiger partial charge in [0.05, 0.1) is 18.3 Å². The molecule has 0 unspecified atom stereocenters. The Bertz CT molecular complexity index is 546. The van der Waals surface area contributed by atoms with Gasteiger partial charge in [0.15, 0.2) is 0 Å². The van der Waals surface area contributed by atoms with Crippen molar-refractivity contribution in [2.24, 2.45) is 0 Å². The topological polar surface area (TPSA) is 50.6 Å². The first-order valence-corrected chi connectivity index (χ1v) is 10.3. The first-order chi connectivity index (χ1) is 12.7. The average molecular weight is 363 g/mol. The Morgan fingerprint density at radius 1 is 1.15 bits per heavy atom. The molecule has 6 heteroatoms. The van der Waals surface area contributed by atoms with Crippen LogP contribution in [0.5, 0.6) is 0 Å². The van der Waals surface area contributed by atoms with E-state index in [2.05, 4.69) is 21.8 Å². The predicted molar refractivity (Wildman–Crippen MR) is 102 cm³/mol. The van der Waals surface area contributed by atoms with Crippen molar-refractivity contribution in [2.45, 2.75) is 64.5 Å². The van der Waals surface area contributed by atoms with E-state index >= 15 is 0 Å². The molecule has 1 aliphatic heterocycles. The number of unbranched alkanes of at least 4 members (excludes halogenated alkanes) is 1. The zero-order valence-electron chi connectivity index (χ0n) is 16.2. The molecular formula is C20H34N4O2. The van der Waals surface area contributed by atoms with Gasteiger partial charge >= 0.3 is 0 Å². The number of carbonyl (C=O) groups is 1. The van der Waals surface area contributed by atoms with E-state index in [1.54, 1.807) is 6.92 Å². The Kier molecular flexibility index (Phi) is 7.50. The summed E-state index contributed by atoms with van der Waals surface area (Å²) < 4.78 is 7.96. The minimum atomic E-state index is 0.198. The van der Waals surface area contributed by atoms with Gasteiger partial charge in [-0.05, 0) is 38.3 Å². The summed E-state index contributed by atoms with van der Waals surface area (Å²) in [6.45, 7) is 7.92. The second-order valence-electron chi connectivity index (χ2n) is 7.69. The lowest BCUT2D eigenvalue weighted by Gasteiger charge is -2.34. The summed E-state index contributed by atoms with van der Waals surface area (Å²) in [6, 6.07) is 2.70. The van der Waals surface area contributed by atoms with Gasteiger partial charge in [-0.3, -0.25) is 14.4 Å². The smallest absolute Gasteiger partial charge is 0.219 e. The van der Waals surface area contributed by atoms with Crippen molar-refractivity contribution < 1.29 is 9.53 Å². The highest BCUT2D eigenvalue weighted by atomic mass is 16.5. The second kappa shape index (κ2) is 10.1. The van der Waals surface area contributed by atoms with Gasteiger partial charge in [-0.25, -0.2) is 0 Å². The largest absolute Gasteiger partial charge is 0.375 e. The molecule has 0 bridgehead atoms. The maximum atomic E-state index is 11.3. The Morgan fingerprint density at radius 2 is 1.92 bits per heavy atom. The van der Waals surface area contributed by atoms with Gasteiger partial charge in [-0.2, -0.15) is 5.10 Å². The van der Waals surface area contributed by atoms with Gasteiger partial charge in [0.2, 0.25) is 5.91 Å². The summed E-state index contributed by atoms with van der Waals surface area (Å²) in [7, 11) is 0. The van der Waals surface area contributed by atoms with Crippen LogP contribution in [0.15, 0.2) is 12.3 Å². The van der Waals surface area contributed by atoms with Gasteiger partial charge in [0.25, 0.3) is 0 Å². The Hall–Kier alpha value is -1.40. The predicted octanol–water partition coefficient (Wildman–Crippen LogP) is 2.85. The maximum Gasteiger partial charge on any atom is 0.219 e. The molecule has 0 spiro atoms. The molecule has 0 aromatic carbocycles. The van der Waals surface area contributed by atoms with Crippen molar-refractivity contribution in [1.82, 2.24) is 19.6 Å². The fraction of sp³-hybridized carbons (Fsp3) is 0.800. The van der Waals surface area contributed by atoms with Gasteiger partial charge in [0.1, 0.15) is 0 Å². The quantitative estimate of drug-likeness (QED) is 0.667. The third kappa shape index (κ3) is 5.81. The fourth-order valence-corrected chi connectivity index (χ4v) is 4.01. The van der Waals surface area contributed by atoms with Crippen LogP contribution in [0.1, 0.15) is 63.6 Å². The van der Waals surface area contributed by atoms with Crippen molar-refractivity contribution >= 4 is 5.91 Å². The van der Waals surface area contributed by atoms with E-state index in [0.717, 1.165) is 57.9 Å². The highest BCUT2D eigenvalue weighted by Gasteiger charge is 2.18. The molecule has 0 radical (unpaired) electrons. The second-order valence-corrected chi connectivity index (χ2v) is 7.69. The molecule has 1 amide bonds. The summed E-state index contributed by atoms with van der Waals surface area (Å²) in [5.74, 6) is 0.198. The van der Waals surface area contributed by atoms with Crippen LogP contribution < -0.4 is 0 Å². The van der Waals surface area contributed by atoms with Gasteiger partial charge in [0, 0.05) is 45.9 Å². The van der Waals surface area contributed by atoms with Crippen molar-refractivity contribution in [3.05, 3.63) is 18.0 Å². The van der Waals surface area contributed by atoms with E-state index in [0.29, 0.717) is 12.6 Å². The standard InChI is InChI=1S/C20H34N4O2/c1-18(25)23-14-12-22(13-15-23)10-5-6-16-26-17-19-9-11-24(21-19)20-7-3-2-4-8-20/h9,11,20H,2-8,10,12-17H2,1H3. The van der Waals surface area contributed by atoms with Crippen LogP contribution in [-0.4, -0.2) is 64.8 Å². The molecule has 2 aliphatic rings. The number of piperazine rings is 1. The summed E-state index contributed by atoms with van der Waals surface area (Å²) in [5.41, 5.74) is 1.05. The number of hydrogen-bond donors (Lipinski definition) is 0. The first-order valence-electron chi connectivity index (χ1n) is 10.3. The molecule has 146 valence electrons. The lowest BCUT2D eigenvalue weighted by Crippen LogP contribution is -2.48. The first kappa shape index (κ1) is 19.4. The number of rotatable bonds is 8. The summed E-state index contributed by atoms with van der Waals surface area (Å²) in [6.07, 6.45) is 10.9. The molecular weight excluding hydrogens is 328 g/mol. The number of ether oxygens (including phenoxy) is 1. The van der Waals surface area contributed by atoms with E-state index in [1.165, 1.54) is 32.1 Å². The normalized spacial score (nSPS) is 19.8. The molecule has 2 fully saturated rings. The lowest BCUT2D eigenvalue weighted by molar-refractivity contribution is -0.130. The number of nitrogens with zero attached hydrogens (tertiary/aromatic N) is 4. The third-order valence-electron chi connectivity index (χ3n) is 5.69. The lowest BCUT2D eigenvalue weighted by atomic mass is 9.96. The van der Waals surface area contributed by atoms with E-state index < -0.39 is 0 Å². The number of amides is 1. The molecule has 1 aliphatic carbocycles. The number of aromatic nitrogens is 2. The van der Waals surface area contributed by atoms with Crippen LogP contribution in [0.25, 0.3) is 0 Å². The zero-order chi connectivity index (χ0) is 18.2. The van der Waals surface area contributed by atoms with E-state index in [9.17, 15) is 4.79 Å². The van der Waals surface area contributed by atoms with Crippen molar-refractivity contribution in [2.75, 3.05) is 39.3 Å². The van der Waals surface area contributed by atoms with Crippen LogP contribution in [0.3, 0.4) is 0 Å². The van der Waals surface area contributed by atoms with E-state index in [4.69, 9.17) is 9.84 Å². The zero-order valence-corrected chi connectivity index (χ0v) is 16.2. The summed E-state index contributed by atoms with van der Waals surface area (Å²) in [4.78, 5) is 15.7. The van der Waals surface area contributed by atoms with E-state index in [1.807, 2.05) is 4.90 Å². The summed E-state index contributed by atoms with van der Waals surface area (Å²) in [5, 5.41) is 4.70. The van der Waals surface area contributed by atoms with Crippen LogP contribution in [-0.2, 0) is 16.1 Å². The molecule has 1 saturated heterocycles. The highest BCUT2D eigenvalue weighted by molar-refractivity contribution is 5.73. The minimum Gasteiger partial charge on any atom is -0.375 e. The number of carbonyl (C=O) groups excluding carboxylic acids is 1. The molecule has 26 heavy (non-hydrogen) atoms. The Balaban J connectivity index is 1.24. The monoisotopic (exact) mass is 362 g/mol. The molecule has 1 aromatic rings. The fourth-order valence-electron chi connectivity index (χ4n) is 4.01. The van der Waals surface area contributed by atoms with Crippen molar-refractivity contribution in [3.8, 4) is 0 Å².